The highest BCUT2D eigenvalue weighted by Gasteiger charge is 2.23. The maximum Gasteiger partial charge on any atom is 0.276 e. The molecule has 19 heavy (non-hydrogen) atoms. The molecule has 1 aromatic heterocycles. The van der Waals surface area contributed by atoms with Gasteiger partial charge in [-0.05, 0) is 19.9 Å². The van der Waals surface area contributed by atoms with Crippen molar-refractivity contribution < 1.29 is 9.32 Å². The summed E-state index contributed by atoms with van der Waals surface area (Å²) in [5.74, 6) is 0.673. The van der Waals surface area contributed by atoms with Crippen LogP contribution in [0.4, 0.5) is 0 Å². The van der Waals surface area contributed by atoms with Crippen molar-refractivity contribution in [1.82, 2.24) is 15.0 Å². The highest BCUT2D eigenvalue weighted by molar-refractivity contribution is 5.92. The first-order valence-electron chi connectivity index (χ1n) is 7.15. The molecule has 0 saturated carbocycles. The number of rotatable bonds is 5. The van der Waals surface area contributed by atoms with E-state index >= 15 is 0 Å². The molecule has 2 heterocycles. The minimum atomic E-state index is -0.00921. The molecule has 0 N–H and O–H groups in total. The molecule has 0 unspecified atom stereocenters. The van der Waals surface area contributed by atoms with Crippen LogP contribution in [0.5, 0.6) is 0 Å². The van der Waals surface area contributed by atoms with E-state index < -0.39 is 0 Å². The second-order valence-corrected chi connectivity index (χ2v) is 5.16. The summed E-state index contributed by atoms with van der Waals surface area (Å²) in [7, 11) is 0. The molecular weight excluding hydrogens is 242 g/mol. The van der Waals surface area contributed by atoms with Gasteiger partial charge in [0.1, 0.15) is 5.76 Å². The average molecular weight is 265 g/mol. The standard InChI is InChI=1S/C14H23N3O2/c1-3-4-5-6-16-7-9-17(10-8-16)14(18)13-11-12(2)19-15-13/h11H,3-10H2,1-2H3. The van der Waals surface area contributed by atoms with Crippen molar-refractivity contribution in [2.45, 2.75) is 33.1 Å². The molecule has 1 aliphatic heterocycles. The molecule has 5 heteroatoms. The normalized spacial score (nSPS) is 16.8. The number of aromatic nitrogens is 1. The Kier molecular flexibility index (Phi) is 4.96. The van der Waals surface area contributed by atoms with Gasteiger partial charge >= 0.3 is 0 Å². The van der Waals surface area contributed by atoms with E-state index in [1.165, 1.54) is 19.3 Å². The third-order valence-corrected chi connectivity index (χ3v) is 3.58. The Hall–Kier alpha value is -1.36. The number of piperazine rings is 1. The molecule has 5 nitrogen and oxygen atoms in total. The van der Waals surface area contributed by atoms with Crippen molar-refractivity contribution in [3.05, 3.63) is 17.5 Å². The molecule has 0 spiro atoms. The predicted octanol–water partition coefficient (Wildman–Crippen LogP) is 1.93. The molecule has 1 amide bonds. The van der Waals surface area contributed by atoms with E-state index in [0.717, 1.165) is 32.7 Å². The number of hydrogen-bond donors (Lipinski definition) is 0. The molecular formula is C14H23N3O2. The Balaban J connectivity index is 1.78. The van der Waals surface area contributed by atoms with Crippen LogP contribution in [0, 0.1) is 6.92 Å². The van der Waals surface area contributed by atoms with Crippen LogP contribution in [0.25, 0.3) is 0 Å². The number of carbonyl (C=O) groups is 1. The van der Waals surface area contributed by atoms with Crippen LogP contribution < -0.4 is 0 Å². The molecule has 106 valence electrons. The monoisotopic (exact) mass is 265 g/mol. The van der Waals surface area contributed by atoms with Gasteiger partial charge in [-0.15, -0.1) is 0 Å². The summed E-state index contributed by atoms with van der Waals surface area (Å²) in [6.45, 7) is 8.68. The van der Waals surface area contributed by atoms with Crippen LogP contribution in [0.1, 0.15) is 42.4 Å². The van der Waals surface area contributed by atoms with Gasteiger partial charge in [0.25, 0.3) is 5.91 Å². The number of carbonyl (C=O) groups excluding carboxylic acids is 1. The van der Waals surface area contributed by atoms with E-state index in [4.69, 9.17) is 4.52 Å². The lowest BCUT2D eigenvalue weighted by atomic mass is 10.2. The Morgan fingerprint density at radius 1 is 1.32 bits per heavy atom. The summed E-state index contributed by atoms with van der Waals surface area (Å²) in [6, 6.07) is 1.70. The predicted molar refractivity (Wildman–Crippen MR) is 73.1 cm³/mol. The van der Waals surface area contributed by atoms with E-state index in [-0.39, 0.29) is 5.91 Å². The van der Waals surface area contributed by atoms with Crippen LogP contribution >= 0.6 is 0 Å². The van der Waals surface area contributed by atoms with Crippen molar-refractivity contribution in [3.63, 3.8) is 0 Å². The lowest BCUT2D eigenvalue weighted by molar-refractivity contribution is 0.0625. The largest absolute Gasteiger partial charge is 0.361 e. The van der Waals surface area contributed by atoms with Gasteiger partial charge < -0.3 is 9.42 Å². The second-order valence-electron chi connectivity index (χ2n) is 5.16. The third kappa shape index (κ3) is 3.80. The van der Waals surface area contributed by atoms with Crippen LogP contribution in [-0.4, -0.2) is 53.6 Å². The third-order valence-electron chi connectivity index (χ3n) is 3.58. The van der Waals surface area contributed by atoms with E-state index in [0.29, 0.717) is 11.5 Å². The molecule has 2 rings (SSSR count). The maximum absolute atomic E-state index is 12.2. The van der Waals surface area contributed by atoms with Gasteiger partial charge in [0.05, 0.1) is 0 Å². The lowest BCUT2D eigenvalue weighted by Crippen LogP contribution is -2.48. The molecule has 0 aliphatic carbocycles. The molecule has 1 saturated heterocycles. The number of aryl methyl sites for hydroxylation is 1. The zero-order valence-electron chi connectivity index (χ0n) is 11.9. The summed E-state index contributed by atoms with van der Waals surface area (Å²) < 4.78 is 4.96. The number of hydrogen-bond acceptors (Lipinski definition) is 4. The van der Waals surface area contributed by atoms with E-state index in [9.17, 15) is 4.79 Å². The average Bonchev–Trinajstić information content (AvgIpc) is 2.86. The Morgan fingerprint density at radius 2 is 2.05 bits per heavy atom. The molecule has 0 bridgehead atoms. The summed E-state index contributed by atoms with van der Waals surface area (Å²) in [6.07, 6.45) is 3.80. The fourth-order valence-electron chi connectivity index (χ4n) is 2.39. The van der Waals surface area contributed by atoms with Gasteiger partial charge in [-0.2, -0.15) is 0 Å². The smallest absolute Gasteiger partial charge is 0.276 e. The van der Waals surface area contributed by atoms with Gasteiger partial charge in [-0.25, -0.2) is 0 Å². The first-order chi connectivity index (χ1) is 9.20. The zero-order chi connectivity index (χ0) is 13.7. The van der Waals surface area contributed by atoms with Crippen molar-refractivity contribution in [3.8, 4) is 0 Å². The van der Waals surface area contributed by atoms with Crippen LogP contribution in [0.2, 0.25) is 0 Å². The first-order valence-corrected chi connectivity index (χ1v) is 7.15. The quantitative estimate of drug-likeness (QED) is 0.763. The van der Waals surface area contributed by atoms with E-state index in [2.05, 4.69) is 17.0 Å². The molecule has 0 atom stereocenters. The maximum atomic E-state index is 12.2. The highest BCUT2D eigenvalue weighted by atomic mass is 16.5. The highest BCUT2D eigenvalue weighted by Crippen LogP contribution is 2.10. The minimum absolute atomic E-state index is 0.00921. The summed E-state index contributed by atoms with van der Waals surface area (Å²) >= 11 is 0. The van der Waals surface area contributed by atoms with Gasteiger partial charge in [-0.3, -0.25) is 9.69 Å². The van der Waals surface area contributed by atoms with Gasteiger partial charge in [0.15, 0.2) is 5.69 Å². The van der Waals surface area contributed by atoms with Crippen molar-refractivity contribution in [2.24, 2.45) is 0 Å². The molecule has 1 aliphatic rings. The van der Waals surface area contributed by atoms with Gasteiger partial charge in [0.2, 0.25) is 0 Å². The zero-order valence-corrected chi connectivity index (χ0v) is 11.9. The fraction of sp³-hybridized carbons (Fsp3) is 0.714. The summed E-state index contributed by atoms with van der Waals surface area (Å²) in [4.78, 5) is 16.5. The number of unbranched alkanes of at least 4 members (excludes halogenated alkanes) is 2. The van der Waals surface area contributed by atoms with Crippen LogP contribution in [0.3, 0.4) is 0 Å². The molecule has 0 aromatic carbocycles. The van der Waals surface area contributed by atoms with E-state index in [1.54, 1.807) is 13.0 Å². The van der Waals surface area contributed by atoms with Crippen molar-refractivity contribution >= 4 is 5.91 Å². The Bertz CT molecular complexity index is 409. The molecule has 1 fully saturated rings. The van der Waals surface area contributed by atoms with Crippen LogP contribution in [-0.2, 0) is 0 Å². The SMILES string of the molecule is CCCCCN1CCN(C(=O)c2cc(C)on2)CC1. The molecule has 0 radical (unpaired) electrons. The Labute approximate surface area is 114 Å². The van der Waals surface area contributed by atoms with Gasteiger partial charge in [-0.1, -0.05) is 24.9 Å². The van der Waals surface area contributed by atoms with Crippen LogP contribution in [0.15, 0.2) is 10.6 Å². The topological polar surface area (TPSA) is 49.6 Å². The van der Waals surface area contributed by atoms with Crippen molar-refractivity contribution in [2.75, 3.05) is 32.7 Å². The summed E-state index contributed by atoms with van der Waals surface area (Å²) in [5, 5.41) is 3.79. The Morgan fingerprint density at radius 3 is 2.63 bits per heavy atom. The van der Waals surface area contributed by atoms with Gasteiger partial charge in [0, 0.05) is 32.2 Å². The van der Waals surface area contributed by atoms with Crippen molar-refractivity contribution in [1.29, 1.82) is 0 Å². The number of nitrogens with zero attached hydrogens (tertiary/aromatic N) is 3. The lowest BCUT2D eigenvalue weighted by Gasteiger charge is -2.34. The minimum Gasteiger partial charge on any atom is -0.361 e. The number of amides is 1. The second kappa shape index (κ2) is 6.70. The molecule has 1 aromatic rings. The fourth-order valence-corrected chi connectivity index (χ4v) is 2.39. The first kappa shape index (κ1) is 14.1. The van der Waals surface area contributed by atoms with E-state index in [1.807, 2.05) is 4.90 Å². The summed E-state index contributed by atoms with van der Waals surface area (Å²) in [5.41, 5.74) is 0.428.